The van der Waals surface area contributed by atoms with E-state index in [0.717, 1.165) is 13.1 Å². The van der Waals surface area contributed by atoms with Gasteiger partial charge in [-0.2, -0.15) is 0 Å². The molecule has 6 heavy (non-hydrogen) atoms. The van der Waals surface area contributed by atoms with Crippen molar-refractivity contribution in [1.82, 2.24) is 0 Å². The molecule has 0 spiro atoms. The Hall–Kier alpha value is 0.466. The van der Waals surface area contributed by atoms with Gasteiger partial charge in [-0.15, -0.1) is 13.1 Å². The Morgan fingerprint density at radius 3 is 1.67 bits per heavy atom. The maximum Gasteiger partial charge on any atom is 0 e. The molecule has 1 aliphatic heterocycles. The second kappa shape index (κ2) is 3.65. The smallest absolute Gasteiger partial charge is 0 e. The van der Waals surface area contributed by atoms with Gasteiger partial charge in [0.25, 0.3) is 0 Å². The van der Waals surface area contributed by atoms with Gasteiger partial charge in [-0.25, -0.2) is 0 Å². The van der Waals surface area contributed by atoms with Crippen LogP contribution in [0.4, 0.5) is 0 Å². The first-order valence-corrected chi connectivity index (χ1v) is 2.13. The van der Waals surface area contributed by atoms with E-state index in [1.165, 1.54) is 12.8 Å². The van der Waals surface area contributed by atoms with Crippen LogP contribution >= 0.6 is 0 Å². The second-order valence-corrected chi connectivity index (χ2v) is 1.38. The van der Waals surface area contributed by atoms with Gasteiger partial charge < -0.3 is 5.32 Å². The van der Waals surface area contributed by atoms with Crippen LogP contribution < -0.4 is 0 Å². The molecule has 0 N–H and O–H groups in total. The molecule has 0 saturated carbocycles. The van der Waals surface area contributed by atoms with Crippen LogP contribution in [0.15, 0.2) is 0 Å². The average molecular weight is 129 g/mol. The molecule has 0 atom stereocenters. The van der Waals surface area contributed by atoms with Crippen LogP contribution in [0.2, 0.25) is 0 Å². The van der Waals surface area contributed by atoms with E-state index in [9.17, 15) is 0 Å². The maximum absolute atomic E-state index is 4.08. The normalized spacial score (nSPS) is 20.0. The van der Waals surface area contributed by atoms with Crippen LogP contribution in [0, 0.1) is 0 Å². The number of rotatable bonds is 0. The molecule has 0 unspecified atom stereocenters. The van der Waals surface area contributed by atoms with Crippen LogP contribution in [-0.4, -0.2) is 13.1 Å². The first-order chi connectivity index (χ1) is 2.50. The van der Waals surface area contributed by atoms with Gasteiger partial charge in [-0.1, -0.05) is 12.8 Å². The molecule has 1 aliphatic rings. The van der Waals surface area contributed by atoms with Gasteiger partial charge in [0, 0.05) is 16.8 Å². The first kappa shape index (κ1) is 6.47. The standard InChI is InChI=1S/C4H8N.Co/c1-2-4-5-3-1;/h1-4H2;/q-1;. The summed E-state index contributed by atoms with van der Waals surface area (Å²) in [6, 6.07) is 0. The Morgan fingerprint density at radius 1 is 1.00 bits per heavy atom. The topological polar surface area (TPSA) is 14.1 Å². The summed E-state index contributed by atoms with van der Waals surface area (Å²) in [4.78, 5) is 0. The largest absolute Gasteiger partial charge is 0.662 e. The third-order valence-electron chi connectivity index (χ3n) is 0.882. The van der Waals surface area contributed by atoms with Crippen molar-refractivity contribution in [3.63, 3.8) is 0 Å². The van der Waals surface area contributed by atoms with Gasteiger partial charge >= 0.3 is 0 Å². The monoisotopic (exact) mass is 129 g/mol. The van der Waals surface area contributed by atoms with E-state index >= 15 is 0 Å². The minimum atomic E-state index is 0. The van der Waals surface area contributed by atoms with Gasteiger partial charge in [-0.3, -0.25) is 0 Å². The van der Waals surface area contributed by atoms with Crippen molar-refractivity contribution in [2.45, 2.75) is 12.8 Å². The van der Waals surface area contributed by atoms with E-state index < -0.39 is 0 Å². The summed E-state index contributed by atoms with van der Waals surface area (Å²) >= 11 is 0. The summed E-state index contributed by atoms with van der Waals surface area (Å²) in [6.45, 7) is 2.25. The zero-order chi connectivity index (χ0) is 3.54. The molecule has 0 aliphatic carbocycles. The Labute approximate surface area is 48.7 Å². The Balaban J connectivity index is 0.000000250. The molecular formula is C4H8CoN-. The molecule has 0 aromatic rings. The molecule has 0 bridgehead atoms. The summed E-state index contributed by atoms with van der Waals surface area (Å²) in [5.74, 6) is 0. The Bertz CT molecular complexity index is 19.1. The predicted molar refractivity (Wildman–Crippen MR) is 22.3 cm³/mol. The predicted octanol–water partition coefficient (Wildman–Crippen LogP) is 1.15. The van der Waals surface area contributed by atoms with E-state index in [-0.39, 0.29) is 16.8 Å². The summed E-state index contributed by atoms with van der Waals surface area (Å²) in [7, 11) is 0. The third kappa shape index (κ3) is 1.80. The van der Waals surface area contributed by atoms with Crippen molar-refractivity contribution in [1.29, 1.82) is 0 Å². The molecule has 0 aromatic heterocycles. The van der Waals surface area contributed by atoms with Crippen LogP contribution in [-0.2, 0) is 16.8 Å². The molecule has 1 heterocycles. The van der Waals surface area contributed by atoms with Gasteiger partial charge in [0.05, 0.1) is 0 Å². The zero-order valence-electron chi connectivity index (χ0n) is 3.61. The van der Waals surface area contributed by atoms with Crippen molar-refractivity contribution in [2.75, 3.05) is 13.1 Å². The minimum Gasteiger partial charge on any atom is -0.662 e. The van der Waals surface area contributed by atoms with E-state index in [0.29, 0.717) is 0 Å². The van der Waals surface area contributed by atoms with Crippen LogP contribution in [0.25, 0.3) is 5.32 Å². The number of nitrogens with zero attached hydrogens (tertiary/aromatic N) is 1. The van der Waals surface area contributed by atoms with E-state index in [1.807, 2.05) is 0 Å². The fourth-order valence-corrected chi connectivity index (χ4v) is 0.559. The molecule has 1 saturated heterocycles. The summed E-state index contributed by atoms with van der Waals surface area (Å²) in [6.07, 6.45) is 2.67. The zero-order valence-corrected chi connectivity index (χ0v) is 4.65. The summed E-state index contributed by atoms with van der Waals surface area (Å²) in [5.41, 5.74) is 0. The summed E-state index contributed by atoms with van der Waals surface area (Å²) < 4.78 is 0. The molecule has 1 rings (SSSR count). The van der Waals surface area contributed by atoms with Crippen molar-refractivity contribution < 1.29 is 16.8 Å². The number of hydrogen-bond donors (Lipinski definition) is 0. The van der Waals surface area contributed by atoms with Crippen LogP contribution in [0.1, 0.15) is 12.8 Å². The Kier molecular flexibility index (Phi) is 3.93. The van der Waals surface area contributed by atoms with Crippen LogP contribution in [0.3, 0.4) is 0 Å². The van der Waals surface area contributed by atoms with Crippen molar-refractivity contribution in [2.24, 2.45) is 0 Å². The van der Waals surface area contributed by atoms with Crippen molar-refractivity contribution in [3.05, 3.63) is 5.32 Å². The van der Waals surface area contributed by atoms with Crippen LogP contribution in [0.5, 0.6) is 0 Å². The molecule has 1 fully saturated rings. The molecule has 2 heteroatoms. The molecule has 39 valence electrons. The fraction of sp³-hybridized carbons (Fsp3) is 1.00. The van der Waals surface area contributed by atoms with E-state index in [2.05, 4.69) is 5.32 Å². The molecule has 0 amide bonds. The Morgan fingerprint density at radius 2 is 1.50 bits per heavy atom. The number of hydrogen-bond acceptors (Lipinski definition) is 0. The molecule has 1 nitrogen and oxygen atoms in total. The second-order valence-electron chi connectivity index (χ2n) is 1.38. The fourth-order valence-electron chi connectivity index (χ4n) is 0.559. The van der Waals surface area contributed by atoms with Gasteiger partial charge in [0.2, 0.25) is 0 Å². The SMILES string of the molecule is C1CC[N-]C1.[Co]. The maximum atomic E-state index is 4.08. The van der Waals surface area contributed by atoms with Crippen molar-refractivity contribution >= 4 is 0 Å². The first-order valence-electron chi connectivity index (χ1n) is 2.13. The average Bonchev–Trinajstić information content (AvgIpc) is 1.76. The molecule has 0 aromatic carbocycles. The third-order valence-corrected chi connectivity index (χ3v) is 0.882. The molecule has 1 radical (unpaired) electrons. The quantitative estimate of drug-likeness (QED) is 0.465. The van der Waals surface area contributed by atoms with Gasteiger partial charge in [-0.05, 0) is 0 Å². The van der Waals surface area contributed by atoms with E-state index in [4.69, 9.17) is 0 Å². The van der Waals surface area contributed by atoms with E-state index in [1.54, 1.807) is 0 Å². The van der Waals surface area contributed by atoms with Gasteiger partial charge in [0.1, 0.15) is 0 Å². The summed E-state index contributed by atoms with van der Waals surface area (Å²) in [5, 5.41) is 4.08. The minimum absolute atomic E-state index is 0. The van der Waals surface area contributed by atoms with Crippen molar-refractivity contribution in [3.8, 4) is 0 Å². The van der Waals surface area contributed by atoms with Gasteiger partial charge in [0.15, 0.2) is 0 Å². The molecular weight excluding hydrogens is 121 g/mol.